The second-order valence-corrected chi connectivity index (χ2v) is 5.65. The first kappa shape index (κ1) is 13.0. The van der Waals surface area contributed by atoms with E-state index in [-0.39, 0.29) is 23.4 Å². The first-order valence-electron chi connectivity index (χ1n) is 6.00. The molecule has 0 radical (unpaired) electrons. The lowest BCUT2D eigenvalue weighted by Gasteiger charge is -2.26. The standard InChI is InChI=1S/C13H18N2O3/c1-13(2,3)11-8-18-12(14-11)9-4-6-10(7-5-9)15(16)17/h4-7,11-12,14H,8H2,1-3H3/t11-,12+/m1/s1. The fourth-order valence-electron chi connectivity index (χ4n) is 1.93. The van der Waals surface area contributed by atoms with E-state index in [1.807, 2.05) is 0 Å². The van der Waals surface area contributed by atoms with Crippen LogP contribution in [-0.4, -0.2) is 17.6 Å². The summed E-state index contributed by atoms with van der Waals surface area (Å²) in [5.74, 6) is 0. The van der Waals surface area contributed by atoms with E-state index in [2.05, 4.69) is 26.1 Å². The summed E-state index contributed by atoms with van der Waals surface area (Å²) in [6.07, 6.45) is -0.171. The Morgan fingerprint density at radius 2 is 1.94 bits per heavy atom. The van der Waals surface area contributed by atoms with Gasteiger partial charge in [0.2, 0.25) is 0 Å². The highest BCUT2D eigenvalue weighted by atomic mass is 16.6. The number of ether oxygens (including phenoxy) is 1. The van der Waals surface area contributed by atoms with Crippen LogP contribution >= 0.6 is 0 Å². The molecule has 1 heterocycles. The van der Waals surface area contributed by atoms with Crippen LogP contribution in [0.25, 0.3) is 0 Å². The minimum atomic E-state index is -0.398. The average molecular weight is 250 g/mol. The Balaban J connectivity index is 2.08. The van der Waals surface area contributed by atoms with Gasteiger partial charge in [-0.15, -0.1) is 0 Å². The van der Waals surface area contributed by atoms with Gasteiger partial charge in [-0.1, -0.05) is 20.8 Å². The van der Waals surface area contributed by atoms with Crippen LogP contribution in [0.2, 0.25) is 0 Å². The van der Waals surface area contributed by atoms with Crippen molar-refractivity contribution in [3.8, 4) is 0 Å². The first-order chi connectivity index (χ1) is 8.38. The fourth-order valence-corrected chi connectivity index (χ4v) is 1.93. The summed E-state index contributed by atoms with van der Waals surface area (Å²) in [5.41, 5.74) is 1.16. The van der Waals surface area contributed by atoms with Crippen LogP contribution in [0.5, 0.6) is 0 Å². The molecule has 1 aromatic rings. The molecule has 0 saturated carbocycles. The maximum atomic E-state index is 10.6. The number of rotatable bonds is 2. The molecular formula is C13H18N2O3. The van der Waals surface area contributed by atoms with E-state index in [1.165, 1.54) is 12.1 Å². The molecule has 0 bridgehead atoms. The number of nitro groups is 1. The molecule has 0 unspecified atom stereocenters. The summed E-state index contributed by atoms with van der Waals surface area (Å²) in [6, 6.07) is 6.77. The molecule has 5 heteroatoms. The summed E-state index contributed by atoms with van der Waals surface area (Å²) in [4.78, 5) is 10.2. The molecule has 1 saturated heterocycles. The number of nitrogens with zero attached hydrogens (tertiary/aromatic N) is 1. The van der Waals surface area contributed by atoms with Gasteiger partial charge in [-0.25, -0.2) is 0 Å². The van der Waals surface area contributed by atoms with Crippen LogP contribution in [-0.2, 0) is 4.74 Å². The van der Waals surface area contributed by atoms with Gasteiger partial charge in [-0.2, -0.15) is 0 Å². The van der Waals surface area contributed by atoms with Crippen molar-refractivity contribution in [1.29, 1.82) is 0 Å². The van der Waals surface area contributed by atoms with E-state index < -0.39 is 4.92 Å². The average Bonchev–Trinajstić information content (AvgIpc) is 2.78. The van der Waals surface area contributed by atoms with Crippen LogP contribution in [0, 0.1) is 15.5 Å². The van der Waals surface area contributed by atoms with Crippen LogP contribution < -0.4 is 5.32 Å². The number of non-ortho nitro benzene ring substituents is 1. The molecular weight excluding hydrogens is 232 g/mol. The minimum Gasteiger partial charge on any atom is -0.357 e. The van der Waals surface area contributed by atoms with Gasteiger partial charge in [0.1, 0.15) is 6.23 Å². The molecule has 1 N–H and O–H groups in total. The summed E-state index contributed by atoms with van der Waals surface area (Å²) in [5, 5.41) is 14.0. The summed E-state index contributed by atoms with van der Waals surface area (Å²) >= 11 is 0. The summed E-state index contributed by atoms with van der Waals surface area (Å²) < 4.78 is 5.70. The molecule has 1 aliphatic heterocycles. The normalized spacial score (nSPS) is 24.2. The Labute approximate surface area is 106 Å². The predicted octanol–water partition coefficient (Wildman–Crippen LogP) is 2.63. The maximum absolute atomic E-state index is 10.6. The largest absolute Gasteiger partial charge is 0.357 e. The molecule has 98 valence electrons. The Morgan fingerprint density at radius 3 is 2.39 bits per heavy atom. The third-order valence-corrected chi connectivity index (χ3v) is 3.23. The van der Waals surface area contributed by atoms with Gasteiger partial charge in [0.05, 0.1) is 11.5 Å². The molecule has 1 aromatic carbocycles. The summed E-state index contributed by atoms with van der Waals surface area (Å²) in [7, 11) is 0. The zero-order valence-corrected chi connectivity index (χ0v) is 10.8. The number of nitro benzene ring substituents is 1. The number of benzene rings is 1. The van der Waals surface area contributed by atoms with E-state index in [1.54, 1.807) is 12.1 Å². The van der Waals surface area contributed by atoms with Crippen LogP contribution in [0.4, 0.5) is 5.69 Å². The van der Waals surface area contributed by atoms with E-state index in [0.29, 0.717) is 6.61 Å². The van der Waals surface area contributed by atoms with E-state index in [4.69, 9.17) is 4.74 Å². The van der Waals surface area contributed by atoms with Gasteiger partial charge in [0, 0.05) is 18.2 Å². The Hall–Kier alpha value is -1.46. The van der Waals surface area contributed by atoms with Gasteiger partial charge in [-0.3, -0.25) is 15.4 Å². The first-order valence-corrected chi connectivity index (χ1v) is 6.00. The van der Waals surface area contributed by atoms with E-state index in [9.17, 15) is 10.1 Å². The molecule has 1 aliphatic rings. The van der Waals surface area contributed by atoms with Crippen LogP contribution in [0.1, 0.15) is 32.6 Å². The lowest BCUT2D eigenvalue weighted by Crippen LogP contribution is -2.37. The zero-order valence-electron chi connectivity index (χ0n) is 10.8. The molecule has 2 rings (SSSR count). The molecule has 5 nitrogen and oxygen atoms in total. The van der Waals surface area contributed by atoms with Crippen molar-refractivity contribution in [2.45, 2.75) is 33.0 Å². The highest BCUT2D eigenvalue weighted by Crippen LogP contribution is 2.30. The Bertz CT molecular complexity index is 437. The fraction of sp³-hybridized carbons (Fsp3) is 0.538. The van der Waals surface area contributed by atoms with Crippen LogP contribution in [0.15, 0.2) is 24.3 Å². The van der Waals surface area contributed by atoms with Crippen molar-refractivity contribution in [3.05, 3.63) is 39.9 Å². The van der Waals surface area contributed by atoms with E-state index in [0.717, 1.165) is 5.56 Å². The lowest BCUT2D eigenvalue weighted by atomic mass is 9.88. The third-order valence-electron chi connectivity index (χ3n) is 3.23. The van der Waals surface area contributed by atoms with Gasteiger partial charge in [-0.05, 0) is 23.1 Å². The second kappa shape index (κ2) is 4.66. The molecule has 18 heavy (non-hydrogen) atoms. The van der Waals surface area contributed by atoms with Gasteiger partial charge in [0.25, 0.3) is 5.69 Å². The molecule has 2 atom stereocenters. The van der Waals surface area contributed by atoms with Crippen molar-refractivity contribution in [2.75, 3.05) is 6.61 Å². The summed E-state index contributed by atoms with van der Waals surface area (Å²) in [6.45, 7) is 7.13. The van der Waals surface area contributed by atoms with Crippen molar-refractivity contribution >= 4 is 5.69 Å². The predicted molar refractivity (Wildman–Crippen MR) is 68.2 cm³/mol. The number of hydrogen-bond acceptors (Lipinski definition) is 4. The lowest BCUT2D eigenvalue weighted by molar-refractivity contribution is -0.384. The van der Waals surface area contributed by atoms with Gasteiger partial charge >= 0.3 is 0 Å². The quantitative estimate of drug-likeness (QED) is 0.647. The minimum absolute atomic E-state index is 0.101. The van der Waals surface area contributed by atoms with Crippen molar-refractivity contribution in [3.63, 3.8) is 0 Å². The second-order valence-electron chi connectivity index (χ2n) is 5.65. The zero-order chi connectivity index (χ0) is 13.3. The number of nitrogens with one attached hydrogen (secondary N) is 1. The maximum Gasteiger partial charge on any atom is 0.269 e. The Morgan fingerprint density at radius 1 is 1.33 bits per heavy atom. The highest BCUT2D eigenvalue weighted by Gasteiger charge is 2.33. The van der Waals surface area contributed by atoms with Crippen molar-refractivity contribution in [2.24, 2.45) is 5.41 Å². The van der Waals surface area contributed by atoms with Crippen molar-refractivity contribution < 1.29 is 9.66 Å². The topological polar surface area (TPSA) is 64.4 Å². The number of hydrogen-bond donors (Lipinski definition) is 1. The molecule has 0 aromatic heterocycles. The van der Waals surface area contributed by atoms with E-state index >= 15 is 0 Å². The highest BCUT2D eigenvalue weighted by molar-refractivity contribution is 5.33. The smallest absolute Gasteiger partial charge is 0.269 e. The van der Waals surface area contributed by atoms with Gasteiger partial charge in [0.15, 0.2) is 0 Å². The molecule has 0 spiro atoms. The van der Waals surface area contributed by atoms with Crippen LogP contribution in [0.3, 0.4) is 0 Å². The molecule has 0 amide bonds. The monoisotopic (exact) mass is 250 g/mol. The Kier molecular flexibility index (Phi) is 3.36. The van der Waals surface area contributed by atoms with Gasteiger partial charge < -0.3 is 4.74 Å². The third kappa shape index (κ3) is 2.68. The SMILES string of the molecule is CC(C)(C)[C@H]1CO[C@@H](c2ccc([N+](=O)[O-])cc2)N1. The molecule has 1 fully saturated rings. The molecule has 0 aliphatic carbocycles. The van der Waals surface area contributed by atoms with Crippen molar-refractivity contribution in [1.82, 2.24) is 5.32 Å².